The average molecular weight is 444 g/mol. The SMILES string of the molecule is COc1cccc(CN2CCCCN3[C@H](CO)[C@@H](c4ccc(-c5cccnc5)cc4)[C@H]3C2)c1. The molecule has 2 aromatic carbocycles. The van der Waals surface area contributed by atoms with Crippen molar-refractivity contribution >= 4 is 0 Å². The Morgan fingerprint density at radius 1 is 1.00 bits per heavy atom. The van der Waals surface area contributed by atoms with Gasteiger partial charge in [0.05, 0.1) is 13.7 Å². The highest BCUT2D eigenvalue weighted by Crippen LogP contribution is 2.42. The molecule has 2 fully saturated rings. The number of benzene rings is 2. The van der Waals surface area contributed by atoms with E-state index in [0.29, 0.717) is 12.0 Å². The zero-order valence-electron chi connectivity index (χ0n) is 19.3. The van der Waals surface area contributed by atoms with Gasteiger partial charge in [-0.15, -0.1) is 0 Å². The lowest BCUT2D eigenvalue weighted by atomic mass is 9.74. The van der Waals surface area contributed by atoms with Crippen LogP contribution in [0.5, 0.6) is 5.75 Å². The van der Waals surface area contributed by atoms with Crippen LogP contribution in [0.15, 0.2) is 73.1 Å². The highest BCUT2D eigenvalue weighted by molar-refractivity contribution is 5.62. The van der Waals surface area contributed by atoms with E-state index in [1.54, 1.807) is 13.3 Å². The topological polar surface area (TPSA) is 48.8 Å². The third-order valence-corrected chi connectivity index (χ3v) is 7.28. The second-order valence-electron chi connectivity index (χ2n) is 9.24. The van der Waals surface area contributed by atoms with Crippen molar-refractivity contribution < 1.29 is 9.84 Å². The Kier molecular flexibility index (Phi) is 6.72. The summed E-state index contributed by atoms with van der Waals surface area (Å²) < 4.78 is 5.42. The third kappa shape index (κ3) is 4.67. The number of pyridine rings is 1. The maximum absolute atomic E-state index is 10.2. The fourth-order valence-electron chi connectivity index (χ4n) is 5.62. The number of rotatable bonds is 6. The fourth-order valence-corrected chi connectivity index (χ4v) is 5.62. The van der Waals surface area contributed by atoms with Gasteiger partial charge in [0.2, 0.25) is 0 Å². The van der Waals surface area contributed by atoms with Crippen LogP contribution in [0.4, 0.5) is 0 Å². The van der Waals surface area contributed by atoms with E-state index < -0.39 is 0 Å². The Bertz CT molecular complexity index is 1040. The molecular weight excluding hydrogens is 410 g/mol. The molecule has 2 aliphatic heterocycles. The molecule has 172 valence electrons. The lowest BCUT2D eigenvalue weighted by Gasteiger charge is -2.57. The Balaban J connectivity index is 1.35. The van der Waals surface area contributed by atoms with Crippen molar-refractivity contribution in [3.05, 3.63) is 84.2 Å². The second kappa shape index (κ2) is 10.0. The van der Waals surface area contributed by atoms with Gasteiger partial charge in [0, 0.05) is 43.5 Å². The molecular formula is C28H33N3O2. The minimum atomic E-state index is 0.205. The van der Waals surface area contributed by atoms with Crippen LogP contribution < -0.4 is 4.74 Å². The van der Waals surface area contributed by atoms with Gasteiger partial charge in [-0.1, -0.05) is 42.5 Å². The van der Waals surface area contributed by atoms with Crippen molar-refractivity contribution in [2.45, 2.75) is 37.4 Å². The van der Waals surface area contributed by atoms with Crippen molar-refractivity contribution in [1.29, 1.82) is 0 Å². The molecule has 33 heavy (non-hydrogen) atoms. The minimum Gasteiger partial charge on any atom is -0.497 e. The van der Waals surface area contributed by atoms with Crippen molar-refractivity contribution in [3.63, 3.8) is 0 Å². The Morgan fingerprint density at radius 3 is 2.61 bits per heavy atom. The number of hydrogen-bond acceptors (Lipinski definition) is 5. The quantitative estimate of drug-likeness (QED) is 0.619. The first-order valence-corrected chi connectivity index (χ1v) is 12.0. The molecule has 5 heteroatoms. The van der Waals surface area contributed by atoms with Crippen LogP contribution in [0.1, 0.15) is 29.9 Å². The first-order valence-electron chi connectivity index (χ1n) is 12.0. The first-order chi connectivity index (χ1) is 16.3. The predicted octanol–water partition coefficient (Wildman–Crippen LogP) is 4.18. The molecule has 0 aliphatic carbocycles. The lowest BCUT2D eigenvalue weighted by Crippen LogP contribution is -2.67. The molecule has 5 rings (SSSR count). The number of fused-ring (bicyclic) bond motifs is 1. The van der Waals surface area contributed by atoms with E-state index >= 15 is 0 Å². The highest BCUT2D eigenvalue weighted by atomic mass is 16.5. The van der Waals surface area contributed by atoms with Crippen LogP contribution >= 0.6 is 0 Å². The third-order valence-electron chi connectivity index (χ3n) is 7.28. The minimum absolute atomic E-state index is 0.205. The molecule has 0 spiro atoms. The molecule has 2 aliphatic rings. The average Bonchev–Trinajstić information content (AvgIpc) is 2.85. The number of hydrogen-bond donors (Lipinski definition) is 1. The number of ether oxygens (including phenoxy) is 1. The van der Waals surface area contributed by atoms with Crippen molar-refractivity contribution in [3.8, 4) is 16.9 Å². The Labute approximate surface area is 196 Å². The monoisotopic (exact) mass is 443 g/mol. The maximum Gasteiger partial charge on any atom is 0.119 e. The number of methoxy groups -OCH3 is 1. The smallest absolute Gasteiger partial charge is 0.119 e. The molecule has 2 saturated heterocycles. The van der Waals surface area contributed by atoms with E-state index in [9.17, 15) is 5.11 Å². The number of aliphatic hydroxyl groups excluding tert-OH is 1. The van der Waals surface area contributed by atoms with Gasteiger partial charge in [0.15, 0.2) is 0 Å². The van der Waals surface area contributed by atoms with Gasteiger partial charge in [0.25, 0.3) is 0 Å². The lowest BCUT2D eigenvalue weighted by molar-refractivity contribution is -0.0655. The van der Waals surface area contributed by atoms with Crippen molar-refractivity contribution in [2.75, 3.05) is 33.4 Å². The molecule has 5 nitrogen and oxygen atoms in total. The molecule has 3 heterocycles. The van der Waals surface area contributed by atoms with E-state index in [0.717, 1.165) is 37.5 Å². The normalized spacial score (nSPS) is 23.8. The summed E-state index contributed by atoms with van der Waals surface area (Å²) in [7, 11) is 1.72. The molecule has 3 atom stereocenters. The summed E-state index contributed by atoms with van der Waals surface area (Å²) in [6, 6.07) is 22.0. The van der Waals surface area contributed by atoms with E-state index in [4.69, 9.17) is 4.74 Å². The van der Waals surface area contributed by atoms with Crippen molar-refractivity contribution in [2.24, 2.45) is 0 Å². The summed E-state index contributed by atoms with van der Waals surface area (Å²) in [6.07, 6.45) is 6.07. The number of aromatic nitrogens is 1. The number of aliphatic hydroxyl groups is 1. The van der Waals surface area contributed by atoms with Crippen molar-refractivity contribution in [1.82, 2.24) is 14.8 Å². The van der Waals surface area contributed by atoms with Gasteiger partial charge in [-0.25, -0.2) is 0 Å². The van der Waals surface area contributed by atoms with Gasteiger partial charge in [-0.2, -0.15) is 0 Å². The summed E-state index contributed by atoms with van der Waals surface area (Å²) in [4.78, 5) is 9.36. The summed E-state index contributed by atoms with van der Waals surface area (Å²) in [5.74, 6) is 1.26. The van der Waals surface area contributed by atoms with E-state index in [1.807, 2.05) is 18.3 Å². The van der Waals surface area contributed by atoms with Crippen LogP contribution in [-0.2, 0) is 6.54 Å². The molecule has 3 aromatic rings. The summed E-state index contributed by atoms with van der Waals surface area (Å²) >= 11 is 0. The molecule has 0 saturated carbocycles. The molecule has 0 amide bonds. The van der Waals surface area contributed by atoms with E-state index in [-0.39, 0.29) is 12.6 Å². The van der Waals surface area contributed by atoms with Crippen LogP contribution in [0, 0.1) is 0 Å². The maximum atomic E-state index is 10.2. The summed E-state index contributed by atoms with van der Waals surface area (Å²) in [5.41, 5.74) is 4.93. The van der Waals surface area contributed by atoms with Crippen LogP contribution in [-0.4, -0.2) is 65.3 Å². The Hall–Kier alpha value is -2.73. The molecule has 0 bridgehead atoms. The first kappa shape index (κ1) is 22.1. The zero-order valence-corrected chi connectivity index (χ0v) is 19.3. The molecule has 0 radical (unpaired) electrons. The van der Waals surface area contributed by atoms with Gasteiger partial charge in [-0.3, -0.25) is 14.8 Å². The van der Waals surface area contributed by atoms with E-state index in [1.165, 1.54) is 29.5 Å². The van der Waals surface area contributed by atoms with E-state index in [2.05, 4.69) is 63.3 Å². The highest BCUT2D eigenvalue weighted by Gasteiger charge is 2.49. The standard InChI is InChI=1S/C28H33N3O2/c1-33-25-8-4-6-21(16-25)18-30-14-2-3-15-31-26(19-30)28(27(31)20-32)23-11-9-22(10-12-23)24-7-5-13-29-17-24/h4-13,16-17,26-28,32H,2-3,14-15,18-20H2,1H3/t26-,27-,28+/m1/s1. The molecule has 1 aromatic heterocycles. The van der Waals surface area contributed by atoms with Crippen LogP contribution in [0.3, 0.4) is 0 Å². The zero-order chi connectivity index (χ0) is 22.6. The number of nitrogens with zero attached hydrogens (tertiary/aromatic N) is 3. The summed E-state index contributed by atoms with van der Waals surface area (Å²) in [5, 5.41) is 10.2. The molecule has 0 unspecified atom stereocenters. The van der Waals surface area contributed by atoms with Crippen LogP contribution in [0.25, 0.3) is 11.1 Å². The van der Waals surface area contributed by atoms with Crippen LogP contribution in [0.2, 0.25) is 0 Å². The van der Waals surface area contributed by atoms with Gasteiger partial charge in [0.1, 0.15) is 5.75 Å². The van der Waals surface area contributed by atoms with Gasteiger partial charge < -0.3 is 9.84 Å². The predicted molar refractivity (Wildman–Crippen MR) is 131 cm³/mol. The largest absolute Gasteiger partial charge is 0.497 e. The van der Waals surface area contributed by atoms with Gasteiger partial charge in [-0.05, 0) is 66.4 Å². The second-order valence-corrected chi connectivity index (χ2v) is 9.24. The Morgan fingerprint density at radius 2 is 1.85 bits per heavy atom. The molecule has 1 N–H and O–H groups in total. The fraction of sp³-hybridized carbons (Fsp3) is 0.393. The van der Waals surface area contributed by atoms with Gasteiger partial charge >= 0.3 is 0 Å². The summed E-state index contributed by atoms with van der Waals surface area (Å²) in [6.45, 7) is 4.34.